The summed E-state index contributed by atoms with van der Waals surface area (Å²) in [5.74, 6) is 1.27. The molecule has 0 unspecified atom stereocenters. The van der Waals surface area contributed by atoms with Gasteiger partial charge in [0.1, 0.15) is 10.6 Å². The number of aryl methyl sites for hydroxylation is 1. The van der Waals surface area contributed by atoms with Crippen LogP contribution in [-0.2, 0) is 10.1 Å². The van der Waals surface area contributed by atoms with E-state index in [1.165, 1.54) is 19.2 Å². The summed E-state index contributed by atoms with van der Waals surface area (Å²) < 4.78 is 40.6. The molecule has 3 rings (SSSR count). The predicted molar refractivity (Wildman–Crippen MR) is 118 cm³/mol. The van der Waals surface area contributed by atoms with Crippen LogP contribution in [0.4, 0.5) is 0 Å². The number of nitriles is 1. The number of nitrogens with zero attached hydrogens (tertiary/aromatic N) is 1. The minimum atomic E-state index is -3.92. The highest BCUT2D eigenvalue weighted by molar-refractivity contribution is 7.87. The first kappa shape index (κ1) is 21.9. The highest BCUT2D eigenvalue weighted by atomic mass is 32.2. The van der Waals surface area contributed by atoms with Gasteiger partial charge in [0.2, 0.25) is 0 Å². The van der Waals surface area contributed by atoms with E-state index in [1.54, 1.807) is 67.8 Å². The number of hydrogen-bond donors (Lipinski definition) is 0. The molecule has 0 amide bonds. The molecule has 0 bridgehead atoms. The van der Waals surface area contributed by atoms with Crippen molar-refractivity contribution in [1.82, 2.24) is 0 Å². The summed E-state index contributed by atoms with van der Waals surface area (Å²) in [4.78, 5) is 0.0855. The van der Waals surface area contributed by atoms with Gasteiger partial charge in [-0.05, 0) is 66.6 Å². The zero-order chi connectivity index (χ0) is 22.4. The molecule has 0 N–H and O–H groups in total. The van der Waals surface area contributed by atoms with Crippen LogP contribution in [0.5, 0.6) is 17.2 Å². The Bertz CT molecular complexity index is 1240. The van der Waals surface area contributed by atoms with Crippen LogP contribution in [0.3, 0.4) is 0 Å². The largest absolute Gasteiger partial charge is 0.493 e. The smallest absolute Gasteiger partial charge is 0.339 e. The fourth-order valence-corrected chi connectivity index (χ4v) is 3.78. The van der Waals surface area contributed by atoms with E-state index in [2.05, 4.69) is 6.07 Å². The van der Waals surface area contributed by atoms with Crippen molar-refractivity contribution < 1.29 is 22.1 Å². The van der Waals surface area contributed by atoms with Gasteiger partial charge in [0, 0.05) is 0 Å². The Labute approximate surface area is 182 Å². The molecule has 0 aromatic heterocycles. The predicted octanol–water partition coefficient (Wildman–Crippen LogP) is 4.84. The fourth-order valence-electron chi connectivity index (χ4n) is 2.85. The third-order valence-electron chi connectivity index (χ3n) is 4.52. The average molecular weight is 436 g/mol. The van der Waals surface area contributed by atoms with E-state index in [-0.39, 0.29) is 10.6 Å². The summed E-state index contributed by atoms with van der Waals surface area (Å²) in [7, 11) is -0.850. The molecule has 0 aliphatic heterocycles. The molecule has 7 heteroatoms. The first-order chi connectivity index (χ1) is 14.9. The molecule has 3 aromatic rings. The Morgan fingerprint density at radius 2 is 1.55 bits per heavy atom. The van der Waals surface area contributed by atoms with Crippen molar-refractivity contribution in [2.75, 3.05) is 14.2 Å². The maximum atomic E-state index is 12.4. The quantitative estimate of drug-likeness (QED) is 0.300. The normalized spacial score (nSPS) is 11.5. The van der Waals surface area contributed by atoms with Gasteiger partial charge in [0.15, 0.2) is 11.5 Å². The van der Waals surface area contributed by atoms with E-state index in [9.17, 15) is 13.7 Å². The highest BCUT2D eigenvalue weighted by Crippen LogP contribution is 2.31. The second-order valence-corrected chi connectivity index (χ2v) is 8.21. The second-order valence-electron chi connectivity index (χ2n) is 6.66. The second kappa shape index (κ2) is 9.37. The van der Waals surface area contributed by atoms with Crippen molar-refractivity contribution in [2.24, 2.45) is 0 Å². The molecule has 0 atom stereocenters. The van der Waals surface area contributed by atoms with Crippen LogP contribution < -0.4 is 13.7 Å². The minimum Gasteiger partial charge on any atom is -0.493 e. The van der Waals surface area contributed by atoms with Crippen LogP contribution in [-0.4, -0.2) is 22.6 Å². The number of rotatable bonds is 7. The Kier molecular flexibility index (Phi) is 6.63. The third kappa shape index (κ3) is 5.24. The third-order valence-corrected chi connectivity index (χ3v) is 5.78. The Hall–Kier alpha value is -3.76. The van der Waals surface area contributed by atoms with Gasteiger partial charge in [0.05, 0.1) is 25.9 Å². The summed E-state index contributed by atoms with van der Waals surface area (Å²) in [5.41, 5.74) is 2.76. The molecule has 0 radical (unpaired) electrons. The molecule has 0 aliphatic rings. The fraction of sp³-hybridized carbons (Fsp3) is 0.125. The average Bonchev–Trinajstić information content (AvgIpc) is 2.78. The molecule has 6 nitrogen and oxygen atoms in total. The lowest BCUT2D eigenvalue weighted by molar-refractivity contribution is 0.355. The highest BCUT2D eigenvalue weighted by Gasteiger charge is 2.16. The molecule has 3 aromatic carbocycles. The maximum absolute atomic E-state index is 12.4. The molecule has 31 heavy (non-hydrogen) atoms. The molecule has 0 spiro atoms. The SMILES string of the molecule is COc1ccc(/C(C#N)=C/c2ccc(OS(=O)(=O)c3ccc(C)cc3)cc2)cc1OC. The topological polar surface area (TPSA) is 85.6 Å². The number of benzene rings is 3. The van der Waals surface area contributed by atoms with E-state index in [1.807, 2.05) is 6.92 Å². The molecular weight excluding hydrogens is 414 g/mol. The summed E-state index contributed by atoms with van der Waals surface area (Å²) in [6, 6.07) is 20.3. The first-order valence-electron chi connectivity index (χ1n) is 9.31. The maximum Gasteiger partial charge on any atom is 0.339 e. The Morgan fingerprint density at radius 1 is 0.903 bits per heavy atom. The van der Waals surface area contributed by atoms with Crippen molar-refractivity contribution in [3.63, 3.8) is 0 Å². The van der Waals surface area contributed by atoms with Crippen LogP contribution in [0.1, 0.15) is 16.7 Å². The summed E-state index contributed by atoms with van der Waals surface area (Å²) >= 11 is 0. The monoisotopic (exact) mass is 435 g/mol. The molecule has 0 heterocycles. The molecular formula is C24H21NO5S. The molecule has 158 valence electrons. The van der Waals surface area contributed by atoms with Crippen LogP contribution in [0.2, 0.25) is 0 Å². The van der Waals surface area contributed by atoms with E-state index in [4.69, 9.17) is 13.7 Å². The van der Waals surface area contributed by atoms with Crippen LogP contribution in [0.15, 0.2) is 71.6 Å². The van der Waals surface area contributed by atoms with Gasteiger partial charge in [-0.2, -0.15) is 13.7 Å². The lowest BCUT2D eigenvalue weighted by atomic mass is 10.0. The van der Waals surface area contributed by atoms with Crippen LogP contribution >= 0.6 is 0 Å². The molecule has 0 saturated carbocycles. The van der Waals surface area contributed by atoms with Crippen molar-refractivity contribution in [3.8, 4) is 23.3 Å². The van der Waals surface area contributed by atoms with Crippen molar-refractivity contribution in [3.05, 3.63) is 83.4 Å². The van der Waals surface area contributed by atoms with Gasteiger partial charge in [-0.25, -0.2) is 0 Å². The van der Waals surface area contributed by atoms with Crippen LogP contribution in [0, 0.1) is 18.3 Å². The molecule has 0 fully saturated rings. The summed E-state index contributed by atoms with van der Waals surface area (Å²) in [5, 5.41) is 9.59. The zero-order valence-corrected chi connectivity index (χ0v) is 18.1. The lowest BCUT2D eigenvalue weighted by Crippen LogP contribution is -2.09. The number of allylic oxidation sites excluding steroid dienone is 1. The van der Waals surface area contributed by atoms with Crippen molar-refractivity contribution >= 4 is 21.8 Å². The molecule has 0 saturated heterocycles. The summed E-state index contributed by atoms with van der Waals surface area (Å²) in [6.07, 6.45) is 1.69. The van der Waals surface area contributed by atoms with Crippen LogP contribution in [0.25, 0.3) is 11.6 Å². The summed E-state index contributed by atoms with van der Waals surface area (Å²) in [6.45, 7) is 1.88. The Balaban J connectivity index is 1.82. The van der Waals surface area contributed by atoms with Crippen molar-refractivity contribution in [2.45, 2.75) is 11.8 Å². The number of methoxy groups -OCH3 is 2. The first-order valence-corrected chi connectivity index (χ1v) is 10.7. The van der Waals surface area contributed by atoms with Gasteiger partial charge >= 0.3 is 10.1 Å². The standard InChI is InChI=1S/C24H21NO5S/c1-17-4-11-22(12-5-17)31(26,27)30-21-9-6-18(7-10-21)14-20(16-25)19-8-13-23(28-2)24(15-19)29-3/h4-15H,1-3H3/b20-14+. The zero-order valence-electron chi connectivity index (χ0n) is 17.3. The van der Waals surface area contributed by atoms with E-state index in [0.29, 0.717) is 28.2 Å². The van der Waals surface area contributed by atoms with Gasteiger partial charge < -0.3 is 13.7 Å². The van der Waals surface area contributed by atoms with Gasteiger partial charge in [-0.15, -0.1) is 0 Å². The lowest BCUT2D eigenvalue weighted by Gasteiger charge is -2.09. The minimum absolute atomic E-state index is 0.0855. The number of hydrogen-bond acceptors (Lipinski definition) is 6. The van der Waals surface area contributed by atoms with Crippen molar-refractivity contribution in [1.29, 1.82) is 5.26 Å². The Morgan fingerprint density at radius 3 is 2.13 bits per heavy atom. The molecule has 0 aliphatic carbocycles. The van der Waals surface area contributed by atoms with Gasteiger partial charge in [-0.1, -0.05) is 29.8 Å². The van der Waals surface area contributed by atoms with E-state index >= 15 is 0 Å². The van der Waals surface area contributed by atoms with Gasteiger partial charge in [-0.3, -0.25) is 0 Å². The van der Waals surface area contributed by atoms with E-state index in [0.717, 1.165) is 5.56 Å². The van der Waals surface area contributed by atoms with E-state index < -0.39 is 10.1 Å². The number of ether oxygens (including phenoxy) is 2. The van der Waals surface area contributed by atoms with Gasteiger partial charge in [0.25, 0.3) is 0 Å².